The Balaban J connectivity index is 1.74. The van der Waals surface area contributed by atoms with E-state index in [1.165, 1.54) is 0 Å². The molecule has 2 aliphatic heterocycles. The zero-order valence-corrected chi connectivity index (χ0v) is 25.8. The summed E-state index contributed by atoms with van der Waals surface area (Å²) in [5.74, 6) is -2.23. The molecule has 4 heterocycles. The van der Waals surface area contributed by atoms with Crippen LogP contribution in [0.4, 0.5) is 0 Å². The van der Waals surface area contributed by atoms with Gasteiger partial charge in [0, 0.05) is 66.0 Å². The fourth-order valence-electron chi connectivity index (χ4n) is 6.30. The Morgan fingerprint density at radius 2 is 1.00 bits per heavy atom. The molecular weight excluding hydrogens is 548 g/mol. The normalized spacial score (nSPS) is 15.2. The standard InChI is InChI=1S/C33H40N4O6/c1-7-20-18(5)32(42)36-26(20)13-24-16(3)22(9-11-30(38)39)28(34-24)15-29-23(10-12-31(40)41)17(4)25(35-29)14-27-21(8-2)19(6)33(43)37-27/h34-35H,7-15H2,1-6H3,(H,38,39)(H,40,41). The van der Waals surface area contributed by atoms with Crippen molar-refractivity contribution in [3.8, 4) is 0 Å². The fourth-order valence-corrected chi connectivity index (χ4v) is 6.30. The zero-order valence-electron chi connectivity index (χ0n) is 25.8. The summed E-state index contributed by atoms with van der Waals surface area (Å²) in [6.07, 6.45) is 3.23. The third-order valence-electron chi connectivity index (χ3n) is 8.79. The van der Waals surface area contributed by atoms with Crippen molar-refractivity contribution >= 4 is 35.2 Å². The predicted octanol–water partition coefficient (Wildman–Crippen LogP) is 5.09. The number of aromatic amines is 2. The number of nitrogens with one attached hydrogen (secondary N) is 2. The van der Waals surface area contributed by atoms with Gasteiger partial charge in [0.2, 0.25) is 0 Å². The number of hydrogen-bond donors (Lipinski definition) is 4. The van der Waals surface area contributed by atoms with E-state index >= 15 is 0 Å². The summed E-state index contributed by atoms with van der Waals surface area (Å²) in [6.45, 7) is 11.5. The average Bonchev–Trinajstić information content (AvgIpc) is 3.59. The largest absolute Gasteiger partial charge is 0.481 e. The smallest absolute Gasteiger partial charge is 0.303 e. The Morgan fingerprint density at radius 3 is 1.33 bits per heavy atom. The minimum Gasteiger partial charge on any atom is -0.481 e. The number of carbonyl (C=O) groups is 4. The number of H-pyrrole nitrogens is 2. The number of nitrogens with zero attached hydrogens (tertiary/aromatic N) is 2. The third kappa shape index (κ3) is 6.53. The van der Waals surface area contributed by atoms with E-state index in [4.69, 9.17) is 0 Å². The molecule has 0 radical (unpaired) electrons. The molecule has 0 atom stereocenters. The molecule has 228 valence electrons. The van der Waals surface area contributed by atoms with Gasteiger partial charge in [-0.2, -0.15) is 0 Å². The number of carbonyl (C=O) groups excluding carboxylic acids is 2. The second-order valence-electron chi connectivity index (χ2n) is 11.3. The van der Waals surface area contributed by atoms with E-state index in [0.29, 0.717) is 56.1 Å². The molecule has 4 N–H and O–H groups in total. The third-order valence-corrected chi connectivity index (χ3v) is 8.79. The molecule has 0 saturated heterocycles. The molecule has 2 aromatic heterocycles. The van der Waals surface area contributed by atoms with Gasteiger partial charge in [-0.3, -0.25) is 19.2 Å². The van der Waals surface area contributed by atoms with Crippen LogP contribution in [-0.4, -0.2) is 55.4 Å². The SMILES string of the molecule is CCC1=C(C)C(=O)N=C1Cc1[nH]c(Cc2[nH]c(CC3=NC(=O)C(C)=C3CC)c(C)c2CCC(=O)O)c(CCC(=O)O)c1C. The quantitative estimate of drug-likeness (QED) is 0.240. The van der Waals surface area contributed by atoms with Crippen molar-refractivity contribution in [2.75, 3.05) is 0 Å². The van der Waals surface area contributed by atoms with Gasteiger partial charge in [0.05, 0.1) is 11.4 Å². The number of rotatable bonds is 14. The first-order valence-corrected chi connectivity index (χ1v) is 14.8. The van der Waals surface area contributed by atoms with Gasteiger partial charge in [-0.05, 0) is 86.8 Å². The van der Waals surface area contributed by atoms with Gasteiger partial charge in [-0.25, -0.2) is 9.98 Å². The van der Waals surface area contributed by atoms with E-state index in [1.807, 2.05) is 27.7 Å². The lowest BCUT2D eigenvalue weighted by Crippen LogP contribution is -2.06. The lowest BCUT2D eigenvalue weighted by molar-refractivity contribution is -0.138. The Kier molecular flexibility index (Phi) is 9.47. The van der Waals surface area contributed by atoms with Gasteiger partial charge in [0.25, 0.3) is 11.8 Å². The second-order valence-corrected chi connectivity index (χ2v) is 11.3. The summed E-state index contributed by atoms with van der Waals surface area (Å²) in [5, 5.41) is 18.9. The van der Waals surface area contributed by atoms with Crippen LogP contribution in [0.25, 0.3) is 0 Å². The molecule has 4 rings (SSSR count). The highest BCUT2D eigenvalue weighted by atomic mass is 16.4. The molecule has 0 aromatic carbocycles. The zero-order chi connectivity index (χ0) is 31.6. The molecule has 10 nitrogen and oxygen atoms in total. The minimum atomic E-state index is -0.896. The van der Waals surface area contributed by atoms with Crippen LogP contribution in [0.2, 0.25) is 0 Å². The number of carboxylic acid groups (broad SMARTS) is 2. The predicted molar refractivity (Wildman–Crippen MR) is 164 cm³/mol. The van der Waals surface area contributed by atoms with E-state index in [-0.39, 0.29) is 24.7 Å². The maximum absolute atomic E-state index is 12.3. The lowest BCUT2D eigenvalue weighted by Gasteiger charge is -2.07. The van der Waals surface area contributed by atoms with Crippen molar-refractivity contribution in [1.29, 1.82) is 0 Å². The van der Waals surface area contributed by atoms with Gasteiger partial charge in [0.15, 0.2) is 0 Å². The summed E-state index contributed by atoms with van der Waals surface area (Å²) in [6, 6.07) is 0. The highest BCUT2D eigenvalue weighted by Crippen LogP contribution is 2.31. The van der Waals surface area contributed by atoms with Crippen molar-refractivity contribution in [3.63, 3.8) is 0 Å². The fraction of sp³-hybridized carbons (Fsp3) is 0.455. The summed E-state index contributed by atoms with van der Waals surface area (Å²) < 4.78 is 0. The topological polar surface area (TPSA) is 165 Å². The molecule has 43 heavy (non-hydrogen) atoms. The van der Waals surface area contributed by atoms with Crippen LogP contribution < -0.4 is 0 Å². The van der Waals surface area contributed by atoms with Crippen molar-refractivity contribution < 1.29 is 29.4 Å². The lowest BCUT2D eigenvalue weighted by atomic mass is 9.96. The second kappa shape index (κ2) is 12.9. The van der Waals surface area contributed by atoms with Crippen LogP contribution in [0, 0.1) is 13.8 Å². The summed E-state index contributed by atoms with van der Waals surface area (Å²) >= 11 is 0. The maximum atomic E-state index is 12.3. The molecule has 0 aliphatic carbocycles. The van der Waals surface area contributed by atoms with Crippen molar-refractivity contribution in [2.24, 2.45) is 9.98 Å². The number of aromatic nitrogens is 2. The van der Waals surface area contributed by atoms with Crippen LogP contribution in [0.5, 0.6) is 0 Å². The molecule has 2 amide bonds. The van der Waals surface area contributed by atoms with Gasteiger partial charge >= 0.3 is 11.9 Å². The van der Waals surface area contributed by atoms with E-state index < -0.39 is 11.9 Å². The number of carboxylic acids is 2. The average molecular weight is 589 g/mol. The molecule has 0 bridgehead atoms. The Bertz CT molecular complexity index is 1520. The molecule has 2 aliphatic rings. The minimum absolute atomic E-state index is 0.0377. The van der Waals surface area contributed by atoms with Crippen molar-refractivity contribution in [1.82, 2.24) is 9.97 Å². The van der Waals surface area contributed by atoms with E-state index in [2.05, 4.69) is 20.0 Å². The number of aliphatic carboxylic acids is 2. The van der Waals surface area contributed by atoms with E-state index in [9.17, 15) is 29.4 Å². The molecule has 0 spiro atoms. The molecular formula is C33H40N4O6. The molecule has 0 fully saturated rings. The maximum Gasteiger partial charge on any atom is 0.303 e. The highest BCUT2D eigenvalue weighted by Gasteiger charge is 2.27. The van der Waals surface area contributed by atoms with Gasteiger partial charge in [-0.15, -0.1) is 0 Å². The van der Waals surface area contributed by atoms with Gasteiger partial charge in [-0.1, -0.05) is 13.8 Å². The number of aliphatic imine (C=N–C) groups is 2. The Morgan fingerprint density at radius 1 is 0.628 bits per heavy atom. The summed E-state index contributed by atoms with van der Waals surface area (Å²) in [7, 11) is 0. The molecule has 0 saturated carbocycles. The van der Waals surface area contributed by atoms with Crippen LogP contribution in [0.3, 0.4) is 0 Å². The number of allylic oxidation sites excluding steroid dienone is 2. The number of hydrogen-bond acceptors (Lipinski definition) is 4. The summed E-state index contributed by atoms with van der Waals surface area (Å²) in [4.78, 5) is 63.3. The van der Waals surface area contributed by atoms with Crippen molar-refractivity contribution in [2.45, 2.75) is 99.3 Å². The highest BCUT2D eigenvalue weighted by molar-refractivity contribution is 6.20. The van der Waals surface area contributed by atoms with Crippen LogP contribution in [0.15, 0.2) is 32.3 Å². The van der Waals surface area contributed by atoms with Crippen molar-refractivity contribution in [3.05, 3.63) is 67.3 Å². The first kappa shape index (κ1) is 31.6. The van der Waals surface area contributed by atoms with E-state index in [0.717, 1.165) is 67.6 Å². The first-order chi connectivity index (χ1) is 20.4. The Labute approximate surface area is 251 Å². The molecule has 2 aromatic rings. The molecule has 10 heteroatoms. The van der Waals surface area contributed by atoms with Crippen LogP contribution in [0.1, 0.15) is 98.4 Å². The number of amides is 2. The van der Waals surface area contributed by atoms with Gasteiger partial charge < -0.3 is 20.2 Å². The van der Waals surface area contributed by atoms with Crippen LogP contribution in [-0.2, 0) is 51.3 Å². The molecule has 0 unspecified atom stereocenters. The Hall–Kier alpha value is -4.34. The first-order valence-electron chi connectivity index (χ1n) is 14.8. The monoisotopic (exact) mass is 588 g/mol. The van der Waals surface area contributed by atoms with Crippen LogP contribution >= 0.6 is 0 Å². The van der Waals surface area contributed by atoms with E-state index in [1.54, 1.807) is 13.8 Å². The summed E-state index contributed by atoms with van der Waals surface area (Å²) in [5.41, 5.74) is 11.8. The van der Waals surface area contributed by atoms with Gasteiger partial charge in [0.1, 0.15) is 0 Å².